The third kappa shape index (κ3) is 4.87. The van der Waals surface area contributed by atoms with Crippen LogP contribution in [0.1, 0.15) is 24.0 Å². The Bertz CT molecular complexity index is 1310. The van der Waals surface area contributed by atoms with E-state index in [1.807, 2.05) is 24.3 Å². The van der Waals surface area contributed by atoms with E-state index in [0.717, 1.165) is 24.0 Å². The summed E-state index contributed by atoms with van der Waals surface area (Å²) in [5, 5.41) is 12.6. The minimum Gasteiger partial charge on any atom is -0.326 e. The molecule has 0 aromatic heterocycles. The third-order valence-corrected chi connectivity index (χ3v) is 7.87. The predicted octanol–water partition coefficient (Wildman–Crippen LogP) is 4.90. The maximum absolute atomic E-state index is 12.8. The first-order valence-corrected chi connectivity index (χ1v) is 12.2. The van der Waals surface area contributed by atoms with E-state index in [0.29, 0.717) is 16.4 Å². The van der Waals surface area contributed by atoms with Crippen molar-refractivity contribution in [3.05, 3.63) is 88.9 Å². The first-order valence-electron chi connectivity index (χ1n) is 10.4. The van der Waals surface area contributed by atoms with Crippen molar-refractivity contribution in [3.8, 4) is 6.07 Å². The van der Waals surface area contributed by atoms with Crippen LogP contribution >= 0.6 is 11.6 Å². The number of carbonyl (C=O) groups excluding carboxylic acids is 1. The lowest BCUT2D eigenvalue weighted by Gasteiger charge is -2.20. The second-order valence-corrected chi connectivity index (χ2v) is 10.5. The summed E-state index contributed by atoms with van der Waals surface area (Å²) in [5.41, 5.74) is 2.54. The average Bonchev–Trinajstić information content (AvgIpc) is 3.61. The highest BCUT2D eigenvalue weighted by Crippen LogP contribution is 2.47. The number of amides is 1. The van der Waals surface area contributed by atoms with Crippen LogP contribution in [0.3, 0.4) is 0 Å². The van der Waals surface area contributed by atoms with E-state index >= 15 is 0 Å². The third-order valence-electron chi connectivity index (χ3n) is 5.82. The zero-order chi connectivity index (χ0) is 23.6. The molecule has 4 rings (SSSR count). The Kier molecular flexibility index (Phi) is 6.15. The molecule has 0 heterocycles. The van der Waals surface area contributed by atoms with Crippen LogP contribution in [0.25, 0.3) is 0 Å². The summed E-state index contributed by atoms with van der Waals surface area (Å²) in [5.74, 6) is -0.181. The Morgan fingerprint density at radius 1 is 1.03 bits per heavy atom. The smallest absolute Gasteiger partial charge is 0.264 e. The van der Waals surface area contributed by atoms with Gasteiger partial charge < -0.3 is 5.32 Å². The molecule has 0 spiro atoms. The van der Waals surface area contributed by atoms with Gasteiger partial charge in [0.15, 0.2) is 0 Å². The highest BCUT2D eigenvalue weighted by atomic mass is 35.5. The van der Waals surface area contributed by atoms with Gasteiger partial charge in [-0.15, -0.1) is 0 Å². The molecule has 0 atom stereocenters. The van der Waals surface area contributed by atoms with Crippen LogP contribution in [0.5, 0.6) is 0 Å². The van der Waals surface area contributed by atoms with Gasteiger partial charge in [0.05, 0.1) is 28.5 Å². The van der Waals surface area contributed by atoms with E-state index in [1.165, 1.54) is 35.6 Å². The van der Waals surface area contributed by atoms with Crippen LogP contribution in [-0.4, -0.2) is 21.4 Å². The van der Waals surface area contributed by atoms with Crippen LogP contribution in [-0.2, 0) is 26.7 Å². The SMILES string of the molecule is CN(c1ccc(CC(=O)Nc2ccc(C3(C#N)CC3)cc2)cc1)S(=O)(=O)c1ccc(Cl)cc1. The molecule has 8 heteroatoms. The summed E-state index contributed by atoms with van der Waals surface area (Å²) >= 11 is 5.85. The molecule has 1 fully saturated rings. The van der Waals surface area contributed by atoms with Gasteiger partial charge >= 0.3 is 0 Å². The van der Waals surface area contributed by atoms with Gasteiger partial charge in [0.25, 0.3) is 10.0 Å². The van der Waals surface area contributed by atoms with E-state index < -0.39 is 10.0 Å². The van der Waals surface area contributed by atoms with Gasteiger partial charge in [-0.25, -0.2) is 8.42 Å². The van der Waals surface area contributed by atoms with Gasteiger partial charge in [0, 0.05) is 17.8 Å². The Morgan fingerprint density at radius 3 is 2.18 bits per heavy atom. The number of hydrogen-bond acceptors (Lipinski definition) is 4. The highest BCUT2D eigenvalue weighted by molar-refractivity contribution is 7.92. The molecule has 1 saturated carbocycles. The molecule has 1 aliphatic carbocycles. The summed E-state index contributed by atoms with van der Waals surface area (Å²) in [6, 6.07) is 22.5. The monoisotopic (exact) mass is 479 g/mol. The van der Waals surface area contributed by atoms with Crippen molar-refractivity contribution in [2.24, 2.45) is 0 Å². The number of nitrogens with zero attached hydrogens (tertiary/aromatic N) is 2. The molecular formula is C25H22ClN3O3S. The Hall–Kier alpha value is -3.34. The molecule has 0 aliphatic heterocycles. The molecule has 3 aromatic rings. The Labute approximate surface area is 198 Å². The average molecular weight is 480 g/mol. The predicted molar refractivity (Wildman–Crippen MR) is 129 cm³/mol. The molecule has 3 aromatic carbocycles. The van der Waals surface area contributed by atoms with Crippen LogP contribution in [0.15, 0.2) is 77.7 Å². The molecule has 168 valence electrons. The molecule has 6 nitrogen and oxygen atoms in total. The molecule has 1 amide bonds. The van der Waals surface area contributed by atoms with Gasteiger partial charge in [0.2, 0.25) is 5.91 Å². The fourth-order valence-corrected chi connectivity index (χ4v) is 4.90. The number of carbonyl (C=O) groups is 1. The van der Waals surface area contributed by atoms with Gasteiger partial charge in [-0.2, -0.15) is 5.26 Å². The minimum absolute atomic E-state index is 0.145. The van der Waals surface area contributed by atoms with Gasteiger partial charge in [-0.05, 0) is 72.5 Å². The molecule has 1 N–H and O–H groups in total. The van der Waals surface area contributed by atoms with Crippen molar-refractivity contribution in [2.45, 2.75) is 29.6 Å². The number of halogens is 1. The Balaban J connectivity index is 1.38. The van der Waals surface area contributed by atoms with E-state index in [-0.39, 0.29) is 22.6 Å². The van der Waals surface area contributed by atoms with Gasteiger partial charge in [0.1, 0.15) is 0 Å². The fourth-order valence-electron chi connectivity index (χ4n) is 3.58. The Morgan fingerprint density at radius 2 is 1.64 bits per heavy atom. The number of hydrogen-bond donors (Lipinski definition) is 1. The van der Waals surface area contributed by atoms with E-state index in [4.69, 9.17) is 11.6 Å². The van der Waals surface area contributed by atoms with Crippen molar-refractivity contribution < 1.29 is 13.2 Å². The number of rotatable bonds is 7. The maximum atomic E-state index is 12.8. The van der Waals surface area contributed by atoms with Crippen molar-refractivity contribution >= 4 is 38.9 Å². The number of benzene rings is 3. The second-order valence-electron chi connectivity index (χ2n) is 8.09. The van der Waals surface area contributed by atoms with Crippen molar-refractivity contribution in [1.29, 1.82) is 5.26 Å². The summed E-state index contributed by atoms with van der Waals surface area (Å²) in [7, 11) is -2.24. The largest absolute Gasteiger partial charge is 0.326 e. The van der Waals surface area contributed by atoms with E-state index in [2.05, 4.69) is 11.4 Å². The number of sulfonamides is 1. The molecule has 0 radical (unpaired) electrons. The van der Waals surface area contributed by atoms with E-state index in [9.17, 15) is 18.5 Å². The lowest BCUT2D eigenvalue weighted by atomic mass is 9.98. The van der Waals surface area contributed by atoms with Crippen LogP contribution in [0.2, 0.25) is 5.02 Å². The summed E-state index contributed by atoms with van der Waals surface area (Å²) in [6.45, 7) is 0. The molecule has 0 saturated heterocycles. The zero-order valence-corrected chi connectivity index (χ0v) is 19.5. The van der Waals surface area contributed by atoms with Gasteiger partial charge in [-0.1, -0.05) is 35.9 Å². The summed E-state index contributed by atoms with van der Waals surface area (Å²) < 4.78 is 26.8. The first-order chi connectivity index (χ1) is 15.7. The number of anilines is 2. The topological polar surface area (TPSA) is 90.3 Å². The minimum atomic E-state index is -3.72. The standard InChI is InChI=1S/C25H22ClN3O3S/c1-29(33(31,32)23-12-6-20(26)7-13-23)22-10-2-18(3-11-22)16-24(30)28-21-8-4-19(5-9-21)25(17-27)14-15-25/h2-13H,14-16H2,1H3,(H,28,30). The quantitative estimate of drug-likeness (QED) is 0.521. The first kappa shape index (κ1) is 22.8. The summed E-state index contributed by atoms with van der Waals surface area (Å²) in [4.78, 5) is 12.6. The normalized spacial score (nSPS) is 14.2. The second kappa shape index (κ2) is 8.89. The number of nitriles is 1. The maximum Gasteiger partial charge on any atom is 0.264 e. The molecule has 0 unspecified atom stereocenters. The van der Waals surface area contributed by atoms with Crippen molar-refractivity contribution in [1.82, 2.24) is 0 Å². The lowest BCUT2D eigenvalue weighted by molar-refractivity contribution is -0.115. The van der Waals surface area contributed by atoms with Crippen molar-refractivity contribution in [3.63, 3.8) is 0 Å². The van der Waals surface area contributed by atoms with Crippen molar-refractivity contribution in [2.75, 3.05) is 16.7 Å². The molecule has 1 aliphatic rings. The lowest BCUT2D eigenvalue weighted by Crippen LogP contribution is -2.26. The molecular weight excluding hydrogens is 458 g/mol. The van der Waals surface area contributed by atoms with Crippen LogP contribution in [0.4, 0.5) is 11.4 Å². The molecule has 33 heavy (non-hydrogen) atoms. The van der Waals surface area contributed by atoms with E-state index in [1.54, 1.807) is 24.3 Å². The fraction of sp³-hybridized carbons (Fsp3) is 0.200. The molecule has 0 bridgehead atoms. The van der Waals surface area contributed by atoms with Crippen LogP contribution < -0.4 is 9.62 Å². The summed E-state index contributed by atoms with van der Waals surface area (Å²) in [6.07, 6.45) is 1.90. The number of nitrogens with one attached hydrogen (secondary N) is 1. The zero-order valence-electron chi connectivity index (χ0n) is 18.0. The highest BCUT2D eigenvalue weighted by Gasteiger charge is 2.44. The van der Waals surface area contributed by atoms with Crippen LogP contribution in [0, 0.1) is 11.3 Å². The van der Waals surface area contributed by atoms with Gasteiger partial charge in [-0.3, -0.25) is 9.10 Å².